The number of anilines is 1. The van der Waals surface area contributed by atoms with Gasteiger partial charge >= 0.3 is 5.97 Å². The number of carbonyl (C=O) groups is 3. The highest BCUT2D eigenvalue weighted by Gasteiger charge is 2.34. The molecule has 0 bridgehead atoms. The second-order valence-corrected chi connectivity index (χ2v) is 11.6. The Morgan fingerprint density at radius 1 is 1.16 bits per heavy atom. The molecule has 1 fully saturated rings. The lowest BCUT2D eigenvalue weighted by atomic mass is 9.97. The van der Waals surface area contributed by atoms with E-state index in [1.807, 2.05) is 0 Å². The van der Waals surface area contributed by atoms with Crippen molar-refractivity contribution in [2.75, 3.05) is 24.2 Å². The van der Waals surface area contributed by atoms with Crippen LogP contribution in [0.25, 0.3) is 22.3 Å². The van der Waals surface area contributed by atoms with Gasteiger partial charge in [-0.3, -0.25) is 18.7 Å². The zero-order valence-corrected chi connectivity index (χ0v) is 22.6. The number of halogens is 1. The maximum atomic E-state index is 13.6. The van der Waals surface area contributed by atoms with Gasteiger partial charge in [0, 0.05) is 29.9 Å². The Balaban J connectivity index is 1.86. The van der Waals surface area contributed by atoms with Crippen LogP contribution < -0.4 is 4.31 Å². The Kier molecular flexibility index (Phi) is 7.73. The Morgan fingerprint density at radius 3 is 2.37 bits per heavy atom. The first-order chi connectivity index (χ1) is 17.9. The van der Waals surface area contributed by atoms with Crippen LogP contribution in [0.2, 0.25) is 0 Å². The van der Waals surface area contributed by atoms with Crippen LogP contribution in [-0.2, 0) is 24.3 Å². The average molecular weight is 544 g/mol. The lowest BCUT2D eigenvalue weighted by Gasteiger charge is -2.25. The van der Waals surface area contributed by atoms with Crippen LogP contribution in [0.15, 0.2) is 40.8 Å². The van der Waals surface area contributed by atoms with Crippen molar-refractivity contribution in [2.24, 2.45) is 5.92 Å². The van der Waals surface area contributed by atoms with Gasteiger partial charge in [0.15, 0.2) is 11.6 Å². The number of furan rings is 1. The van der Waals surface area contributed by atoms with E-state index >= 15 is 0 Å². The van der Waals surface area contributed by atoms with Crippen LogP contribution in [0.5, 0.6) is 0 Å². The van der Waals surface area contributed by atoms with E-state index in [1.165, 1.54) is 31.4 Å². The second kappa shape index (κ2) is 10.7. The molecule has 1 atom stereocenters. The Bertz CT molecular complexity index is 1500. The lowest BCUT2D eigenvalue weighted by Crippen LogP contribution is -2.36. The fourth-order valence-electron chi connectivity index (χ4n) is 4.58. The Morgan fingerprint density at radius 2 is 1.82 bits per heavy atom. The molecule has 2 aromatic carbocycles. The van der Waals surface area contributed by atoms with Gasteiger partial charge in [0.2, 0.25) is 10.0 Å². The van der Waals surface area contributed by atoms with Gasteiger partial charge in [-0.1, -0.05) is 13.8 Å². The van der Waals surface area contributed by atoms with Gasteiger partial charge in [0.1, 0.15) is 17.2 Å². The fourth-order valence-corrected chi connectivity index (χ4v) is 5.47. The minimum Gasteiger partial charge on any atom is -0.469 e. The number of ether oxygens (including phenoxy) is 1. The van der Waals surface area contributed by atoms with E-state index in [9.17, 15) is 27.2 Å². The molecule has 10 heteroatoms. The van der Waals surface area contributed by atoms with Crippen LogP contribution in [0.3, 0.4) is 0 Å². The van der Waals surface area contributed by atoms with Crippen LogP contribution in [-0.4, -0.2) is 45.9 Å². The fraction of sp³-hybridized carbons (Fsp3) is 0.393. The quantitative estimate of drug-likeness (QED) is 0.240. The molecule has 1 saturated carbocycles. The summed E-state index contributed by atoms with van der Waals surface area (Å²) in [6, 6.07) is 8.92. The van der Waals surface area contributed by atoms with Crippen molar-refractivity contribution in [3.63, 3.8) is 0 Å². The minimum absolute atomic E-state index is 0.0662. The zero-order valence-electron chi connectivity index (χ0n) is 21.7. The number of methoxy groups -OCH3 is 1. The highest BCUT2D eigenvalue weighted by atomic mass is 32.2. The summed E-state index contributed by atoms with van der Waals surface area (Å²) in [5.74, 6) is -1.96. The molecular weight excluding hydrogens is 513 g/mol. The molecule has 0 N–H and O–H groups in total. The third kappa shape index (κ3) is 5.65. The molecule has 1 unspecified atom stereocenters. The Labute approximate surface area is 220 Å². The van der Waals surface area contributed by atoms with Crippen LogP contribution in [0, 0.1) is 11.7 Å². The highest BCUT2D eigenvalue weighted by Crippen LogP contribution is 2.48. The normalized spacial score (nSPS) is 14.3. The third-order valence-electron chi connectivity index (χ3n) is 6.69. The van der Waals surface area contributed by atoms with E-state index in [4.69, 9.17) is 4.42 Å². The number of carbonyl (C=O) groups excluding carboxylic acids is 3. The number of Topliss-reactive ketones (excluding diaryl/α,β-unsaturated/α-hetero) is 2. The molecule has 4 rings (SSSR count). The molecule has 1 heterocycles. The first-order valence-electron chi connectivity index (χ1n) is 12.4. The summed E-state index contributed by atoms with van der Waals surface area (Å²) in [4.78, 5) is 37.7. The summed E-state index contributed by atoms with van der Waals surface area (Å²) in [5, 5.41) is 0.543. The molecule has 38 heavy (non-hydrogen) atoms. The Hall–Kier alpha value is -3.53. The molecule has 8 nitrogen and oxygen atoms in total. The maximum absolute atomic E-state index is 13.6. The van der Waals surface area contributed by atoms with Crippen LogP contribution in [0.1, 0.15) is 61.4 Å². The van der Waals surface area contributed by atoms with Gasteiger partial charge in [-0.05, 0) is 54.7 Å². The summed E-state index contributed by atoms with van der Waals surface area (Å²) in [7, 11) is -2.68. The molecule has 0 radical (unpaired) electrons. The first-order valence-corrected chi connectivity index (χ1v) is 14.3. The van der Waals surface area contributed by atoms with Crippen molar-refractivity contribution in [3.8, 4) is 11.3 Å². The predicted molar refractivity (Wildman–Crippen MR) is 141 cm³/mol. The summed E-state index contributed by atoms with van der Waals surface area (Å²) >= 11 is 0. The number of ketones is 2. The number of hydrogen-bond acceptors (Lipinski definition) is 7. The largest absolute Gasteiger partial charge is 0.469 e. The van der Waals surface area contributed by atoms with E-state index in [1.54, 1.807) is 26.0 Å². The second-order valence-electron chi connectivity index (χ2n) is 9.71. The standard InChI is InChI=1S/C28H30FNO7S/c1-5-24(32)26-22-13-21(17-6-7-17)23(14-25(22)37-27(26)18-8-10-19(29)11-9-18)30(38(4,34)35)15-20(31)12-16(2)28(33)36-3/h8-11,13-14,16-17H,5-7,12,15H2,1-4H3. The van der Waals surface area contributed by atoms with E-state index in [0.29, 0.717) is 27.8 Å². The minimum atomic E-state index is -3.91. The molecule has 202 valence electrons. The lowest BCUT2D eigenvalue weighted by molar-refractivity contribution is -0.146. The molecule has 3 aromatic rings. The molecule has 1 aromatic heterocycles. The topological polar surface area (TPSA) is 111 Å². The summed E-state index contributed by atoms with van der Waals surface area (Å²) in [6.07, 6.45) is 2.73. The van der Waals surface area contributed by atoms with Crippen molar-refractivity contribution in [3.05, 3.63) is 53.3 Å². The van der Waals surface area contributed by atoms with Gasteiger partial charge in [0.25, 0.3) is 0 Å². The molecule has 1 aliphatic rings. The van der Waals surface area contributed by atoms with Gasteiger partial charge in [-0.15, -0.1) is 0 Å². The highest BCUT2D eigenvalue weighted by molar-refractivity contribution is 7.92. The number of nitrogens with zero attached hydrogens (tertiary/aromatic N) is 1. The number of esters is 1. The number of benzene rings is 2. The zero-order chi connectivity index (χ0) is 27.8. The predicted octanol–water partition coefficient (Wildman–Crippen LogP) is 5.24. The molecule has 0 amide bonds. The van der Waals surface area contributed by atoms with Crippen molar-refractivity contribution >= 4 is 44.2 Å². The van der Waals surface area contributed by atoms with E-state index in [0.717, 1.165) is 23.4 Å². The van der Waals surface area contributed by atoms with Crippen molar-refractivity contribution < 1.29 is 36.3 Å². The molecular formula is C28H30FNO7S. The third-order valence-corrected chi connectivity index (χ3v) is 7.81. The van der Waals surface area contributed by atoms with Gasteiger partial charge in [-0.25, -0.2) is 12.8 Å². The summed E-state index contributed by atoms with van der Waals surface area (Å²) < 4.78 is 51.2. The number of sulfonamides is 1. The summed E-state index contributed by atoms with van der Waals surface area (Å²) in [6.45, 7) is 2.82. The monoisotopic (exact) mass is 543 g/mol. The van der Waals surface area contributed by atoms with Crippen LogP contribution in [0.4, 0.5) is 10.1 Å². The molecule has 1 aliphatic carbocycles. The number of hydrogen-bond donors (Lipinski definition) is 0. The summed E-state index contributed by atoms with van der Waals surface area (Å²) in [5.41, 5.74) is 2.16. The van der Waals surface area contributed by atoms with Gasteiger partial charge < -0.3 is 9.15 Å². The van der Waals surface area contributed by atoms with E-state index in [2.05, 4.69) is 4.74 Å². The van der Waals surface area contributed by atoms with Crippen LogP contribution >= 0.6 is 0 Å². The van der Waals surface area contributed by atoms with Crippen molar-refractivity contribution in [2.45, 2.75) is 45.4 Å². The molecule has 0 spiro atoms. The van der Waals surface area contributed by atoms with Crippen molar-refractivity contribution in [1.29, 1.82) is 0 Å². The van der Waals surface area contributed by atoms with Gasteiger partial charge in [-0.2, -0.15) is 0 Å². The molecule has 0 aliphatic heterocycles. The first kappa shape index (κ1) is 27.5. The smallest absolute Gasteiger partial charge is 0.308 e. The number of rotatable bonds is 11. The SMILES string of the molecule is CCC(=O)c1c(-c2ccc(F)cc2)oc2cc(N(CC(=O)CC(C)C(=O)OC)S(C)(=O)=O)c(C3CC3)cc12. The van der Waals surface area contributed by atoms with Gasteiger partial charge in [0.05, 0.1) is 37.1 Å². The average Bonchev–Trinajstić information content (AvgIpc) is 3.65. The van der Waals surface area contributed by atoms with Crippen molar-refractivity contribution in [1.82, 2.24) is 0 Å². The van der Waals surface area contributed by atoms with E-state index in [-0.39, 0.29) is 35.9 Å². The molecule has 0 saturated heterocycles. The maximum Gasteiger partial charge on any atom is 0.308 e. The number of fused-ring (bicyclic) bond motifs is 1. The van der Waals surface area contributed by atoms with E-state index < -0.39 is 40.1 Å².